The largest absolute Gasteiger partial charge is 0.497 e. The summed E-state index contributed by atoms with van der Waals surface area (Å²) >= 11 is 0. The van der Waals surface area contributed by atoms with Crippen LogP contribution in [0.1, 0.15) is 5.56 Å². The van der Waals surface area contributed by atoms with E-state index < -0.39 is 28.4 Å². The first-order valence-corrected chi connectivity index (χ1v) is 13.2. The molecule has 1 amide bonds. The zero-order valence-electron chi connectivity index (χ0n) is 22.3. The number of ether oxygens (including phenoxy) is 5. The van der Waals surface area contributed by atoms with Gasteiger partial charge in [0.05, 0.1) is 45.2 Å². The average Bonchev–Trinajstić information content (AvgIpc) is 2.98. The van der Waals surface area contributed by atoms with Gasteiger partial charge in [-0.1, -0.05) is 0 Å². The number of carbonyl (C=O) groups excluding carboxylic acids is 2. The van der Waals surface area contributed by atoms with Crippen molar-refractivity contribution in [2.24, 2.45) is 5.10 Å². The number of rotatable bonds is 13. The fraction of sp³-hybridized carbons (Fsp3) is 0.222. The van der Waals surface area contributed by atoms with E-state index in [4.69, 9.17) is 18.9 Å². The van der Waals surface area contributed by atoms with Crippen LogP contribution in [-0.2, 0) is 24.3 Å². The third-order valence-electron chi connectivity index (χ3n) is 5.46. The Morgan fingerprint density at radius 2 is 1.50 bits per heavy atom. The highest BCUT2D eigenvalue weighted by molar-refractivity contribution is 7.92. The van der Waals surface area contributed by atoms with E-state index in [0.717, 1.165) is 4.31 Å². The summed E-state index contributed by atoms with van der Waals surface area (Å²) in [6.45, 7) is -0.794. The number of anilines is 1. The van der Waals surface area contributed by atoms with Crippen molar-refractivity contribution in [1.29, 1.82) is 0 Å². The number of benzene rings is 3. The number of hydrogen-bond acceptors (Lipinski definition) is 10. The third kappa shape index (κ3) is 7.63. The maximum absolute atomic E-state index is 13.7. The topological polar surface area (TPSA) is 142 Å². The first-order valence-electron chi connectivity index (χ1n) is 11.7. The molecule has 0 saturated carbocycles. The van der Waals surface area contributed by atoms with E-state index in [1.807, 2.05) is 0 Å². The zero-order chi connectivity index (χ0) is 29.1. The van der Waals surface area contributed by atoms with Crippen molar-refractivity contribution in [3.8, 4) is 23.0 Å². The Kier molecular flexibility index (Phi) is 10.3. The van der Waals surface area contributed by atoms with Crippen LogP contribution in [0.4, 0.5) is 5.69 Å². The first kappa shape index (κ1) is 29.8. The van der Waals surface area contributed by atoms with E-state index in [0.29, 0.717) is 22.8 Å². The number of nitrogens with zero attached hydrogens (tertiary/aromatic N) is 2. The maximum Gasteiger partial charge on any atom is 0.343 e. The summed E-state index contributed by atoms with van der Waals surface area (Å²) in [6, 6.07) is 16.9. The summed E-state index contributed by atoms with van der Waals surface area (Å²) in [5.74, 6) is 0.339. The molecule has 3 rings (SSSR count). The van der Waals surface area contributed by atoms with Gasteiger partial charge in [-0.25, -0.2) is 18.6 Å². The third-order valence-corrected chi connectivity index (χ3v) is 7.23. The molecule has 12 nitrogen and oxygen atoms in total. The zero-order valence-corrected chi connectivity index (χ0v) is 23.1. The molecule has 3 aromatic rings. The van der Waals surface area contributed by atoms with Crippen LogP contribution in [0.3, 0.4) is 0 Å². The molecule has 0 heterocycles. The highest BCUT2D eigenvalue weighted by Gasteiger charge is 2.28. The van der Waals surface area contributed by atoms with Gasteiger partial charge in [0.1, 0.15) is 18.0 Å². The Morgan fingerprint density at radius 1 is 0.850 bits per heavy atom. The Bertz CT molecular complexity index is 1440. The summed E-state index contributed by atoms with van der Waals surface area (Å²) in [4.78, 5) is 23.9. The molecule has 0 aromatic heterocycles. The van der Waals surface area contributed by atoms with E-state index in [9.17, 15) is 18.0 Å². The molecule has 0 bridgehead atoms. The van der Waals surface area contributed by atoms with Crippen molar-refractivity contribution in [2.45, 2.75) is 4.90 Å². The van der Waals surface area contributed by atoms with Crippen LogP contribution in [0.25, 0.3) is 0 Å². The summed E-state index contributed by atoms with van der Waals surface area (Å²) in [5.41, 5.74) is 3.20. The molecule has 212 valence electrons. The molecular weight excluding hydrogens is 542 g/mol. The number of esters is 1. The van der Waals surface area contributed by atoms with Gasteiger partial charge in [0.2, 0.25) is 0 Å². The van der Waals surface area contributed by atoms with E-state index in [1.165, 1.54) is 65.0 Å². The molecule has 3 aromatic carbocycles. The molecule has 0 aliphatic heterocycles. The number of methoxy groups -OCH3 is 4. The number of sulfonamides is 1. The Labute approximate surface area is 232 Å². The van der Waals surface area contributed by atoms with E-state index in [-0.39, 0.29) is 22.9 Å². The minimum atomic E-state index is -4.22. The van der Waals surface area contributed by atoms with Crippen LogP contribution >= 0.6 is 0 Å². The van der Waals surface area contributed by atoms with Gasteiger partial charge in [-0.2, -0.15) is 5.10 Å². The van der Waals surface area contributed by atoms with Crippen LogP contribution in [0.15, 0.2) is 76.7 Å². The highest BCUT2D eigenvalue weighted by Crippen LogP contribution is 2.32. The highest BCUT2D eigenvalue weighted by atomic mass is 32.2. The second kappa shape index (κ2) is 13.8. The van der Waals surface area contributed by atoms with Gasteiger partial charge >= 0.3 is 5.97 Å². The molecule has 40 heavy (non-hydrogen) atoms. The predicted octanol–water partition coefficient (Wildman–Crippen LogP) is 2.61. The Balaban J connectivity index is 1.78. The van der Waals surface area contributed by atoms with Crippen molar-refractivity contribution >= 4 is 33.8 Å². The number of nitrogens with one attached hydrogen (secondary N) is 1. The molecule has 1 N–H and O–H groups in total. The molecular formula is C27H29N3O9S. The summed E-state index contributed by atoms with van der Waals surface area (Å²) in [6.07, 6.45) is 1.38. The second-order valence-electron chi connectivity index (χ2n) is 7.95. The van der Waals surface area contributed by atoms with Gasteiger partial charge in [0.15, 0.2) is 18.1 Å². The molecule has 0 saturated heterocycles. The quantitative estimate of drug-likeness (QED) is 0.186. The van der Waals surface area contributed by atoms with Crippen molar-refractivity contribution in [3.63, 3.8) is 0 Å². The van der Waals surface area contributed by atoms with E-state index in [2.05, 4.69) is 15.3 Å². The standard InChI is InChI=1S/C27H29N3O9S/c1-35-21-11-7-20(8-12-21)30(40(33,34)23-13-14-24(36-2)25(15-23)37-3)17-26(31)29-28-16-19-5-9-22(10-6-19)39-18-27(32)38-4/h5-16H,17-18H2,1-4H3,(H,29,31)/b28-16+. The molecule has 0 aliphatic rings. The average molecular weight is 572 g/mol. The molecule has 0 spiro atoms. The van der Waals surface area contributed by atoms with Gasteiger partial charge in [-0.3, -0.25) is 9.10 Å². The Morgan fingerprint density at radius 3 is 2.10 bits per heavy atom. The molecule has 0 aliphatic carbocycles. The van der Waals surface area contributed by atoms with Gasteiger partial charge in [0.25, 0.3) is 15.9 Å². The molecule has 0 atom stereocenters. The second-order valence-corrected chi connectivity index (χ2v) is 9.82. The van der Waals surface area contributed by atoms with E-state index in [1.54, 1.807) is 36.4 Å². The number of hydrogen-bond donors (Lipinski definition) is 1. The number of hydrazone groups is 1. The lowest BCUT2D eigenvalue weighted by Crippen LogP contribution is -2.39. The SMILES string of the molecule is COC(=O)COc1ccc(/C=N/NC(=O)CN(c2ccc(OC)cc2)S(=O)(=O)c2ccc(OC)c(OC)c2)cc1. The van der Waals surface area contributed by atoms with Crippen molar-refractivity contribution in [3.05, 3.63) is 72.3 Å². The smallest absolute Gasteiger partial charge is 0.343 e. The normalized spacial score (nSPS) is 11.0. The first-order chi connectivity index (χ1) is 19.2. The minimum absolute atomic E-state index is 0.105. The van der Waals surface area contributed by atoms with Crippen molar-refractivity contribution in [2.75, 3.05) is 45.9 Å². The van der Waals surface area contributed by atoms with Crippen LogP contribution < -0.4 is 28.7 Å². The lowest BCUT2D eigenvalue weighted by Gasteiger charge is -2.24. The van der Waals surface area contributed by atoms with Crippen LogP contribution in [-0.4, -0.2) is 68.1 Å². The molecule has 0 unspecified atom stereocenters. The number of amides is 1. The lowest BCUT2D eigenvalue weighted by molar-refractivity contribution is -0.142. The van der Waals surface area contributed by atoms with Crippen molar-refractivity contribution < 1.29 is 41.7 Å². The van der Waals surface area contributed by atoms with Gasteiger partial charge < -0.3 is 23.7 Å². The fourth-order valence-corrected chi connectivity index (χ4v) is 4.80. The lowest BCUT2D eigenvalue weighted by atomic mass is 10.2. The molecule has 13 heteroatoms. The van der Waals surface area contributed by atoms with Gasteiger partial charge in [-0.05, 0) is 66.2 Å². The monoisotopic (exact) mass is 571 g/mol. The predicted molar refractivity (Wildman–Crippen MR) is 147 cm³/mol. The van der Waals surface area contributed by atoms with Gasteiger partial charge in [-0.15, -0.1) is 0 Å². The molecule has 0 radical (unpaired) electrons. The molecule has 0 fully saturated rings. The number of carbonyl (C=O) groups is 2. The van der Waals surface area contributed by atoms with E-state index >= 15 is 0 Å². The summed E-state index contributed by atoms with van der Waals surface area (Å²) in [7, 11) is 1.36. The van der Waals surface area contributed by atoms with Gasteiger partial charge in [0, 0.05) is 6.07 Å². The summed E-state index contributed by atoms with van der Waals surface area (Å²) < 4.78 is 53.7. The summed E-state index contributed by atoms with van der Waals surface area (Å²) in [5, 5.41) is 3.92. The van der Waals surface area contributed by atoms with Crippen LogP contribution in [0.2, 0.25) is 0 Å². The Hall–Kier alpha value is -4.78. The maximum atomic E-state index is 13.7. The minimum Gasteiger partial charge on any atom is -0.497 e. The fourth-order valence-electron chi connectivity index (χ4n) is 3.36. The van der Waals surface area contributed by atoms with Crippen LogP contribution in [0, 0.1) is 0 Å². The van der Waals surface area contributed by atoms with Crippen molar-refractivity contribution in [1.82, 2.24) is 5.43 Å². The van der Waals surface area contributed by atoms with Crippen LogP contribution in [0.5, 0.6) is 23.0 Å².